The molecule has 0 radical (unpaired) electrons. The van der Waals surface area contributed by atoms with Crippen molar-refractivity contribution < 1.29 is 4.79 Å². The number of nitrogens with two attached hydrogens (primary N) is 1. The summed E-state index contributed by atoms with van der Waals surface area (Å²) in [6.45, 7) is 0.750. The predicted octanol–water partition coefficient (Wildman–Crippen LogP) is 2.44. The number of thioether (sulfide) groups is 1. The van der Waals surface area contributed by atoms with E-state index in [0.29, 0.717) is 11.7 Å². The topological polar surface area (TPSA) is 58.4 Å². The van der Waals surface area contributed by atoms with Gasteiger partial charge in [0.2, 0.25) is 0 Å². The third-order valence-corrected chi connectivity index (χ3v) is 4.57. The Morgan fingerprint density at radius 3 is 3.00 bits per heavy atom. The van der Waals surface area contributed by atoms with Crippen molar-refractivity contribution in [1.82, 2.24) is 5.32 Å². The van der Waals surface area contributed by atoms with Crippen LogP contribution < -0.4 is 16.0 Å². The molecule has 5 heteroatoms. The van der Waals surface area contributed by atoms with Crippen LogP contribution in [-0.2, 0) is 0 Å². The number of carbonyl (C=O) groups excluding carboxylic acids is 1. The first-order valence-corrected chi connectivity index (χ1v) is 7.33. The lowest BCUT2D eigenvalue weighted by Gasteiger charge is -2.33. The number of rotatable bonds is 1. The molecule has 96 valence electrons. The summed E-state index contributed by atoms with van der Waals surface area (Å²) in [4.78, 5) is 15.2. The second-order valence-electron chi connectivity index (χ2n) is 4.80. The van der Waals surface area contributed by atoms with Gasteiger partial charge in [0, 0.05) is 28.9 Å². The molecular weight excluding hydrogens is 246 g/mol. The van der Waals surface area contributed by atoms with E-state index in [1.54, 1.807) is 11.8 Å². The first kappa shape index (κ1) is 11.7. The van der Waals surface area contributed by atoms with E-state index in [1.807, 2.05) is 23.1 Å². The fourth-order valence-electron chi connectivity index (χ4n) is 2.25. The summed E-state index contributed by atoms with van der Waals surface area (Å²) in [5.74, 6) is 0.939. The Bertz CT molecular complexity index is 473. The van der Waals surface area contributed by atoms with Crippen molar-refractivity contribution in [2.24, 2.45) is 0 Å². The molecule has 0 spiro atoms. The molecular formula is C13H17N3OS. The van der Waals surface area contributed by atoms with Crippen LogP contribution in [0.1, 0.15) is 19.3 Å². The van der Waals surface area contributed by atoms with Gasteiger partial charge in [-0.1, -0.05) is 0 Å². The normalized spacial score (nSPS) is 19.0. The van der Waals surface area contributed by atoms with Gasteiger partial charge >= 0.3 is 6.03 Å². The molecule has 0 atom stereocenters. The lowest BCUT2D eigenvalue weighted by atomic mass is 9.93. The van der Waals surface area contributed by atoms with Crippen LogP contribution in [0.15, 0.2) is 23.1 Å². The first-order valence-electron chi connectivity index (χ1n) is 6.34. The summed E-state index contributed by atoms with van der Waals surface area (Å²) < 4.78 is 0. The van der Waals surface area contributed by atoms with Gasteiger partial charge in [-0.15, -0.1) is 11.8 Å². The number of nitrogen functional groups attached to an aromatic ring is 1. The Kier molecular flexibility index (Phi) is 3.07. The van der Waals surface area contributed by atoms with Gasteiger partial charge in [0.05, 0.1) is 5.69 Å². The van der Waals surface area contributed by atoms with Crippen LogP contribution in [0.4, 0.5) is 16.2 Å². The first-order chi connectivity index (χ1) is 8.74. The number of nitrogens with zero attached hydrogens (tertiary/aromatic N) is 1. The molecule has 1 aromatic carbocycles. The summed E-state index contributed by atoms with van der Waals surface area (Å²) in [6.07, 6.45) is 3.45. The zero-order valence-electron chi connectivity index (χ0n) is 10.2. The van der Waals surface area contributed by atoms with Crippen molar-refractivity contribution in [1.29, 1.82) is 0 Å². The summed E-state index contributed by atoms with van der Waals surface area (Å²) in [5, 5.41) is 3.08. The molecule has 2 amide bonds. The molecule has 1 heterocycles. The van der Waals surface area contributed by atoms with E-state index in [2.05, 4.69) is 5.32 Å². The highest BCUT2D eigenvalue weighted by Gasteiger charge is 2.26. The van der Waals surface area contributed by atoms with Crippen molar-refractivity contribution in [2.75, 3.05) is 22.9 Å². The Morgan fingerprint density at radius 1 is 1.44 bits per heavy atom. The monoisotopic (exact) mass is 263 g/mol. The molecule has 1 aliphatic heterocycles. The number of benzene rings is 1. The highest BCUT2D eigenvalue weighted by atomic mass is 32.2. The molecule has 1 aliphatic carbocycles. The third-order valence-electron chi connectivity index (χ3n) is 3.52. The van der Waals surface area contributed by atoms with E-state index in [4.69, 9.17) is 5.73 Å². The number of fused-ring (bicyclic) bond motifs is 1. The number of anilines is 2. The van der Waals surface area contributed by atoms with E-state index in [1.165, 1.54) is 6.42 Å². The molecule has 1 fully saturated rings. The van der Waals surface area contributed by atoms with E-state index < -0.39 is 0 Å². The van der Waals surface area contributed by atoms with E-state index in [-0.39, 0.29) is 6.03 Å². The lowest BCUT2D eigenvalue weighted by molar-refractivity contribution is 0.234. The summed E-state index contributed by atoms with van der Waals surface area (Å²) in [7, 11) is 0. The van der Waals surface area contributed by atoms with Crippen LogP contribution in [0.25, 0.3) is 0 Å². The fraction of sp³-hybridized carbons (Fsp3) is 0.462. The molecule has 4 nitrogen and oxygen atoms in total. The van der Waals surface area contributed by atoms with Crippen LogP contribution in [0.3, 0.4) is 0 Å². The van der Waals surface area contributed by atoms with Crippen molar-refractivity contribution >= 4 is 29.2 Å². The number of hydrogen-bond acceptors (Lipinski definition) is 3. The van der Waals surface area contributed by atoms with Crippen LogP contribution in [0, 0.1) is 0 Å². The Labute approximate surface area is 111 Å². The van der Waals surface area contributed by atoms with E-state index in [9.17, 15) is 4.79 Å². The van der Waals surface area contributed by atoms with Crippen molar-refractivity contribution in [2.45, 2.75) is 30.2 Å². The highest BCUT2D eigenvalue weighted by molar-refractivity contribution is 7.99. The minimum atomic E-state index is 0.0202. The molecule has 0 unspecified atom stereocenters. The largest absolute Gasteiger partial charge is 0.399 e. The minimum absolute atomic E-state index is 0.0202. The second-order valence-corrected chi connectivity index (χ2v) is 5.94. The third kappa shape index (κ3) is 2.14. The smallest absolute Gasteiger partial charge is 0.322 e. The summed E-state index contributed by atoms with van der Waals surface area (Å²) >= 11 is 1.78. The van der Waals surface area contributed by atoms with Gasteiger partial charge in [-0.3, -0.25) is 4.90 Å². The molecule has 0 aromatic heterocycles. The number of hydrogen-bond donors (Lipinski definition) is 2. The predicted molar refractivity (Wildman–Crippen MR) is 75.1 cm³/mol. The zero-order chi connectivity index (χ0) is 12.5. The van der Waals surface area contributed by atoms with Gasteiger partial charge in [-0.2, -0.15) is 0 Å². The number of carbonyl (C=O) groups is 1. The Hall–Kier alpha value is -1.36. The van der Waals surface area contributed by atoms with Gasteiger partial charge in [0.25, 0.3) is 0 Å². The molecule has 3 rings (SSSR count). The molecule has 2 aliphatic rings. The quantitative estimate of drug-likeness (QED) is 0.765. The molecule has 0 bridgehead atoms. The molecule has 0 saturated heterocycles. The second kappa shape index (κ2) is 4.72. The van der Waals surface area contributed by atoms with Gasteiger partial charge in [0.15, 0.2) is 0 Å². The zero-order valence-corrected chi connectivity index (χ0v) is 11.0. The molecule has 1 saturated carbocycles. The van der Waals surface area contributed by atoms with Crippen LogP contribution in [-0.4, -0.2) is 24.4 Å². The summed E-state index contributed by atoms with van der Waals surface area (Å²) in [6, 6.07) is 6.17. The summed E-state index contributed by atoms with van der Waals surface area (Å²) in [5.41, 5.74) is 7.47. The molecule has 3 N–H and O–H groups in total. The van der Waals surface area contributed by atoms with Crippen LogP contribution in [0.5, 0.6) is 0 Å². The average molecular weight is 263 g/mol. The van der Waals surface area contributed by atoms with Crippen molar-refractivity contribution in [3.05, 3.63) is 18.2 Å². The minimum Gasteiger partial charge on any atom is -0.399 e. The maximum Gasteiger partial charge on any atom is 0.322 e. The Balaban J connectivity index is 1.81. The van der Waals surface area contributed by atoms with Gasteiger partial charge in [0.1, 0.15) is 0 Å². The number of nitrogens with one attached hydrogen (secondary N) is 1. The van der Waals surface area contributed by atoms with Crippen molar-refractivity contribution in [3.8, 4) is 0 Å². The van der Waals surface area contributed by atoms with Crippen molar-refractivity contribution in [3.63, 3.8) is 0 Å². The Morgan fingerprint density at radius 2 is 2.28 bits per heavy atom. The number of amides is 2. The van der Waals surface area contributed by atoms with E-state index >= 15 is 0 Å². The van der Waals surface area contributed by atoms with E-state index in [0.717, 1.165) is 35.7 Å². The molecule has 18 heavy (non-hydrogen) atoms. The van der Waals surface area contributed by atoms with Crippen LogP contribution >= 0.6 is 11.8 Å². The maximum absolute atomic E-state index is 12.2. The van der Waals surface area contributed by atoms with Crippen LogP contribution in [0.2, 0.25) is 0 Å². The lowest BCUT2D eigenvalue weighted by Crippen LogP contribution is -2.49. The number of urea groups is 1. The average Bonchev–Trinajstić information content (AvgIpc) is 2.32. The van der Waals surface area contributed by atoms with Gasteiger partial charge in [-0.05, 0) is 37.5 Å². The SMILES string of the molecule is Nc1ccc2c(c1)N(C(=O)NC1CCC1)CCS2. The molecule has 1 aromatic rings. The standard InChI is InChI=1S/C13H17N3OS/c14-9-4-5-12-11(8-9)16(6-7-18-12)13(17)15-10-2-1-3-10/h4-5,8,10H,1-3,6-7,14H2,(H,15,17). The van der Waals surface area contributed by atoms with Gasteiger partial charge < -0.3 is 11.1 Å². The maximum atomic E-state index is 12.2. The highest BCUT2D eigenvalue weighted by Crippen LogP contribution is 2.36. The van der Waals surface area contributed by atoms with Gasteiger partial charge in [-0.25, -0.2) is 4.79 Å². The fourth-order valence-corrected chi connectivity index (χ4v) is 3.23.